The summed E-state index contributed by atoms with van der Waals surface area (Å²) in [5, 5.41) is 4.23. The smallest absolute Gasteiger partial charge is 0.0474 e. The highest BCUT2D eigenvalue weighted by atomic mass is 35.5. The Kier molecular flexibility index (Phi) is 8.99. The van der Waals surface area contributed by atoms with Gasteiger partial charge in [-0.3, -0.25) is 4.90 Å². The van der Waals surface area contributed by atoms with Gasteiger partial charge in [0.2, 0.25) is 0 Å². The summed E-state index contributed by atoms with van der Waals surface area (Å²) >= 11 is 6.05. The van der Waals surface area contributed by atoms with Crippen LogP contribution in [0.3, 0.4) is 0 Å². The summed E-state index contributed by atoms with van der Waals surface area (Å²) < 4.78 is 0. The molecular weight excluding hydrogens is 305 g/mol. The van der Waals surface area contributed by atoms with Gasteiger partial charge in [0, 0.05) is 43.3 Å². The molecule has 1 fully saturated rings. The molecule has 2 atom stereocenters. The van der Waals surface area contributed by atoms with Crippen LogP contribution in [-0.2, 0) is 0 Å². The molecule has 1 aliphatic heterocycles. The molecule has 1 aromatic carbocycles. The third-order valence-electron chi connectivity index (χ3n) is 3.11. The Bertz CT molecular complexity index is 374. The number of rotatable bonds is 3. The van der Waals surface area contributed by atoms with Gasteiger partial charge in [0.05, 0.1) is 0 Å². The summed E-state index contributed by atoms with van der Waals surface area (Å²) in [7, 11) is 0. The zero-order valence-electron chi connectivity index (χ0n) is 11.0. The highest BCUT2D eigenvalue weighted by Gasteiger charge is 2.24. The van der Waals surface area contributed by atoms with E-state index >= 15 is 0 Å². The van der Waals surface area contributed by atoms with Crippen LogP contribution in [0.1, 0.15) is 18.5 Å². The van der Waals surface area contributed by atoms with E-state index in [1.54, 1.807) is 0 Å². The molecule has 1 heterocycles. The van der Waals surface area contributed by atoms with Gasteiger partial charge in [-0.15, -0.1) is 24.8 Å². The molecule has 110 valence electrons. The molecule has 1 aromatic rings. The van der Waals surface area contributed by atoms with E-state index in [9.17, 15) is 0 Å². The van der Waals surface area contributed by atoms with Gasteiger partial charge in [0.15, 0.2) is 0 Å². The van der Waals surface area contributed by atoms with Crippen molar-refractivity contribution in [3.8, 4) is 0 Å². The monoisotopic (exact) mass is 325 g/mol. The molecular formula is C13H22Cl3N3. The minimum atomic E-state index is 0. The minimum Gasteiger partial charge on any atom is -0.327 e. The molecule has 3 nitrogen and oxygen atoms in total. The zero-order chi connectivity index (χ0) is 12.3. The second kappa shape index (κ2) is 9.01. The van der Waals surface area contributed by atoms with Crippen LogP contribution in [0, 0.1) is 0 Å². The minimum absolute atomic E-state index is 0. The average Bonchev–Trinajstić information content (AvgIpc) is 2.29. The molecule has 3 N–H and O–H groups in total. The van der Waals surface area contributed by atoms with Crippen molar-refractivity contribution >= 4 is 36.4 Å². The summed E-state index contributed by atoms with van der Waals surface area (Å²) in [5.74, 6) is 0. The highest BCUT2D eigenvalue weighted by Crippen LogP contribution is 2.24. The number of halogens is 3. The fourth-order valence-electron chi connectivity index (χ4n) is 2.38. The molecule has 0 bridgehead atoms. The predicted octanol–water partition coefficient (Wildman–Crippen LogP) is 2.48. The number of hydrogen-bond donors (Lipinski definition) is 2. The van der Waals surface area contributed by atoms with Gasteiger partial charge in [-0.05, 0) is 24.6 Å². The lowest BCUT2D eigenvalue weighted by atomic mass is 10.0. The van der Waals surface area contributed by atoms with Crippen LogP contribution in [-0.4, -0.2) is 37.1 Å². The van der Waals surface area contributed by atoms with Crippen LogP contribution in [0.4, 0.5) is 0 Å². The largest absolute Gasteiger partial charge is 0.327 e. The Morgan fingerprint density at radius 1 is 1.47 bits per heavy atom. The summed E-state index contributed by atoms with van der Waals surface area (Å²) in [5.41, 5.74) is 7.17. The maximum atomic E-state index is 6.05. The molecule has 0 radical (unpaired) electrons. The molecule has 2 unspecified atom stereocenters. The molecule has 19 heavy (non-hydrogen) atoms. The molecule has 0 aliphatic carbocycles. The molecule has 2 rings (SSSR count). The number of piperazine rings is 1. The van der Waals surface area contributed by atoms with Gasteiger partial charge >= 0.3 is 0 Å². The third-order valence-corrected chi connectivity index (χ3v) is 3.35. The van der Waals surface area contributed by atoms with E-state index in [1.165, 1.54) is 5.56 Å². The highest BCUT2D eigenvalue weighted by molar-refractivity contribution is 6.30. The number of benzene rings is 1. The van der Waals surface area contributed by atoms with Gasteiger partial charge in [0.1, 0.15) is 0 Å². The van der Waals surface area contributed by atoms with E-state index in [0.29, 0.717) is 6.04 Å². The average molecular weight is 327 g/mol. The normalized spacial score (nSPS) is 21.1. The van der Waals surface area contributed by atoms with Crippen molar-refractivity contribution in [3.63, 3.8) is 0 Å². The van der Waals surface area contributed by atoms with Crippen LogP contribution in [0.15, 0.2) is 24.3 Å². The molecule has 0 amide bonds. The van der Waals surface area contributed by atoms with E-state index in [1.807, 2.05) is 18.2 Å². The fourth-order valence-corrected chi connectivity index (χ4v) is 2.58. The van der Waals surface area contributed by atoms with Crippen LogP contribution in [0.25, 0.3) is 0 Å². The third kappa shape index (κ3) is 5.46. The Hall–Kier alpha value is -0.0300. The molecule has 1 aliphatic rings. The second-order valence-corrected chi connectivity index (χ2v) is 5.18. The van der Waals surface area contributed by atoms with Gasteiger partial charge in [-0.2, -0.15) is 0 Å². The molecule has 0 spiro atoms. The van der Waals surface area contributed by atoms with E-state index in [4.69, 9.17) is 17.3 Å². The Labute approximate surface area is 132 Å². The van der Waals surface area contributed by atoms with Gasteiger partial charge in [-0.1, -0.05) is 23.7 Å². The number of hydrogen-bond acceptors (Lipinski definition) is 3. The van der Waals surface area contributed by atoms with Gasteiger partial charge in [-0.25, -0.2) is 0 Å². The second-order valence-electron chi connectivity index (χ2n) is 4.75. The lowest BCUT2D eigenvalue weighted by molar-refractivity contribution is 0.155. The number of nitrogens with two attached hydrogens (primary N) is 1. The van der Waals surface area contributed by atoms with E-state index < -0.39 is 0 Å². The zero-order valence-corrected chi connectivity index (χ0v) is 13.4. The van der Waals surface area contributed by atoms with Crippen molar-refractivity contribution in [1.82, 2.24) is 10.2 Å². The quantitative estimate of drug-likeness (QED) is 0.896. The SMILES string of the molecule is CC(N)CN1CCNCC1c1cccc(Cl)c1.Cl.Cl. The topological polar surface area (TPSA) is 41.3 Å². The van der Waals surface area contributed by atoms with Gasteiger partial charge in [0.25, 0.3) is 0 Å². The lowest BCUT2D eigenvalue weighted by Crippen LogP contribution is -2.49. The first-order chi connectivity index (χ1) is 8.16. The van der Waals surface area contributed by atoms with Crippen molar-refractivity contribution in [2.75, 3.05) is 26.2 Å². The first-order valence-electron chi connectivity index (χ1n) is 6.12. The van der Waals surface area contributed by atoms with Crippen molar-refractivity contribution in [2.24, 2.45) is 5.73 Å². The van der Waals surface area contributed by atoms with Crippen LogP contribution in [0.5, 0.6) is 0 Å². The first kappa shape index (κ1) is 19.0. The standard InChI is InChI=1S/C13H20ClN3.2ClH/c1-10(15)9-17-6-5-16-8-13(17)11-3-2-4-12(14)7-11;;/h2-4,7,10,13,16H,5-6,8-9,15H2,1H3;2*1H. The van der Waals surface area contributed by atoms with Crippen LogP contribution >= 0.6 is 36.4 Å². The summed E-state index contributed by atoms with van der Waals surface area (Å²) in [6, 6.07) is 8.70. The summed E-state index contributed by atoms with van der Waals surface area (Å²) in [6.07, 6.45) is 0. The Morgan fingerprint density at radius 2 is 2.21 bits per heavy atom. The number of nitrogens with one attached hydrogen (secondary N) is 1. The molecule has 6 heteroatoms. The van der Waals surface area contributed by atoms with Gasteiger partial charge < -0.3 is 11.1 Å². The maximum absolute atomic E-state index is 6.05. The van der Waals surface area contributed by atoms with E-state index in [0.717, 1.165) is 31.2 Å². The molecule has 0 saturated carbocycles. The van der Waals surface area contributed by atoms with Crippen LogP contribution in [0.2, 0.25) is 5.02 Å². The summed E-state index contributed by atoms with van der Waals surface area (Å²) in [4.78, 5) is 2.44. The van der Waals surface area contributed by atoms with Crippen molar-refractivity contribution in [1.29, 1.82) is 0 Å². The Morgan fingerprint density at radius 3 is 2.84 bits per heavy atom. The van der Waals surface area contributed by atoms with Crippen LogP contribution < -0.4 is 11.1 Å². The van der Waals surface area contributed by atoms with Crippen molar-refractivity contribution < 1.29 is 0 Å². The van der Waals surface area contributed by atoms with E-state index in [2.05, 4.69) is 23.2 Å². The van der Waals surface area contributed by atoms with Crippen molar-refractivity contribution in [2.45, 2.75) is 19.0 Å². The lowest BCUT2D eigenvalue weighted by Gasteiger charge is -2.37. The molecule has 1 saturated heterocycles. The number of nitrogens with zero attached hydrogens (tertiary/aromatic N) is 1. The first-order valence-corrected chi connectivity index (χ1v) is 6.50. The van der Waals surface area contributed by atoms with Crippen molar-refractivity contribution in [3.05, 3.63) is 34.9 Å². The Balaban J connectivity index is 0.00000162. The van der Waals surface area contributed by atoms with E-state index in [-0.39, 0.29) is 30.9 Å². The summed E-state index contributed by atoms with van der Waals surface area (Å²) in [6.45, 7) is 6.02. The fraction of sp³-hybridized carbons (Fsp3) is 0.538. The maximum Gasteiger partial charge on any atom is 0.0474 e. The molecule has 0 aromatic heterocycles. The predicted molar refractivity (Wildman–Crippen MR) is 86.8 cm³/mol.